The maximum atomic E-state index is 11.7. The number of anilines is 1. The Bertz CT molecular complexity index is 471. The fourth-order valence-corrected chi connectivity index (χ4v) is 2.06. The minimum Gasteiger partial charge on any atom is -0.497 e. The molecule has 0 saturated carbocycles. The molecule has 1 amide bonds. The lowest BCUT2D eigenvalue weighted by Crippen LogP contribution is -2.19. The van der Waals surface area contributed by atoms with Gasteiger partial charge in [-0.05, 0) is 41.1 Å². The lowest BCUT2D eigenvalue weighted by Gasteiger charge is -2.14. The van der Waals surface area contributed by atoms with Gasteiger partial charge in [0.15, 0.2) is 0 Å². The van der Waals surface area contributed by atoms with Gasteiger partial charge >= 0.3 is 0 Å². The standard InChI is InChI=1S/C11H11BrN2O2/c1-7-5-11(15)14(13-7)10-4-3-8(16-2)6-9(10)12/h3-4,6H,5H2,1-2H3. The number of hydrazone groups is 1. The van der Waals surface area contributed by atoms with E-state index in [0.717, 1.165) is 21.6 Å². The average Bonchev–Trinajstić information content (AvgIpc) is 2.57. The van der Waals surface area contributed by atoms with Crippen molar-refractivity contribution in [1.29, 1.82) is 0 Å². The second-order valence-electron chi connectivity index (χ2n) is 3.53. The van der Waals surface area contributed by atoms with Gasteiger partial charge in [0.1, 0.15) is 5.75 Å². The molecule has 0 unspecified atom stereocenters. The summed E-state index contributed by atoms with van der Waals surface area (Å²) >= 11 is 3.40. The zero-order valence-corrected chi connectivity index (χ0v) is 10.6. The van der Waals surface area contributed by atoms with Gasteiger partial charge < -0.3 is 4.74 Å². The molecule has 1 aromatic rings. The summed E-state index contributed by atoms with van der Waals surface area (Å²) in [4.78, 5) is 11.7. The lowest BCUT2D eigenvalue weighted by atomic mass is 10.2. The van der Waals surface area contributed by atoms with Crippen molar-refractivity contribution in [2.24, 2.45) is 5.10 Å². The van der Waals surface area contributed by atoms with E-state index in [1.165, 1.54) is 5.01 Å². The summed E-state index contributed by atoms with van der Waals surface area (Å²) in [6.45, 7) is 1.84. The smallest absolute Gasteiger partial charge is 0.253 e. The molecule has 0 atom stereocenters. The van der Waals surface area contributed by atoms with E-state index in [4.69, 9.17) is 4.74 Å². The Balaban J connectivity index is 2.38. The minimum atomic E-state index is -0.0108. The summed E-state index contributed by atoms with van der Waals surface area (Å²) in [7, 11) is 1.60. The van der Waals surface area contributed by atoms with Crippen molar-refractivity contribution in [2.45, 2.75) is 13.3 Å². The Morgan fingerprint density at radius 1 is 1.50 bits per heavy atom. The first-order valence-electron chi connectivity index (χ1n) is 4.82. The highest BCUT2D eigenvalue weighted by Gasteiger charge is 2.24. The maximum Gasteiger partial charge on any atom is 0.253 e. The highest BCUT2D eigenvalue weighted by molar-refractivity contribution is 9.10. The summed E-state index contributed by atoms with van der Waals surface area (Å²) in [5.74, 6) is 0.728. The van der Waals surface area contributed by atoms with Crippen molar-refractivity contribution < 1.29 is 9.53 Å². The minimum absolute atomic E-state index is 0.0108. The predicted octanol–water partition coefficient (Wildman–Crippen LogP) is 2.57. The van der Waals surface area contributed by atoms with E-state index < -0.39 is 0 Å². The molecule has 0 aliphatic carbocycles. The van der Waals surface area contributed by atoms with Crippen LogP contribution in [0.4, 0.5) is 5.69 Å². The molecule has 4 nitrogen and oxygen atoms in total. The Hall–Kier alpha value is -1.36. The van der Waals surface area contributed by atoms with Gasteiger partial charge in [0, 0.05) is 10.2 Å². The van der Waals surface area contributed by atoms with E-state index in [2.05, 4.69) is 21.0 Å². The summed E-state index contributed by atoms with van der Waals surface area (Å²) in [5, 5.41) is 5.60. The molecule has 84 valence electrons. The van der Waals surface area contributed by atoms with Gasteiger partial charge in [0.25, 0.3) is 5.91 Å². The van der Waals surface area contributed by atoms with Crippen LogP contribution in [0.25, 0.3) is 0 Å². The molecule has 2 rings (SSSR count). The second-order valence-corrected chi connectivity index (χ2v) is 4.39. The summed E-state index contributed by atoms with van der Waals surface area (Å²) in [6.07, 6.45) is 0.387. The summed E-state index contributed by atoms with van der Waals surface area (Å²) in [6, 6.07) is 5.42. The molecular formula is C11H11BrN2O2. The van der Waals surface area contributed by atoms with E-state index in [-0.39, 0.29) is 5.91 Å². The van der Waals surface area contributed by atoms with Crippen LogP contribution in [-0.2, 0) is 4.79 Å². The van der Waals surface area contributed by atoms with Gasteiger partial charge in [-0.15, -0.1) is 0 Å². The highest BCUT2D eigenvalue weighted by Crippen LogP contribution is 2.32. The third-order valence-electron chi connectivity index (χ3n) is 2.30. The number of nitrogens with zero attached hydrogens (tertiary/aromatic N) is 2. The van der Waals surface area contributed by atoms with Crippen molar-refractivity contribution in [3.8, 4) is 5.75 Å². The molecule has 0 bridgehead atoms. The zero-order valence-electron chi connectivity index (χ0n) is 9.03. The number of ether oxygens (including phenoxy) is 1. The molecule has 1 aromatic carbocycles. The Morgan fingerprint density at radius 2 is 2.25 bits per heavy atom. The van der Waals surface area contributed by atoms with Crippen LogP contribution in [0.2, 0.25) is 0 Å². The fraction of sp³-hybridized carbons (Fsp3) is 0.273. The first kappa shape index (κ1) is 11.1. The number of benzene rings is 1. The molecule has 0 fully saturated rings. The molecular weight excluding hydrogens is 272 g/mol. The molecule has 0 saturated heterocycles. The van der Waals surface area contributed by atoms with Crippen LogP contribution in [0.3, 0.4) is 0 Å². The molecule has 16 heavy (non-hydrogen) atoms. The number of hydrogen-bond donors (Lipinski definition) is 0. The first-order valence-corrected chi connectivity index (χ1v) is 5.61. The Labute approximate surface area is 102 Å². The summed E-state index contributed by atoms with van der Waals surface area (Å²) in [5.41, 5.74) is 1.57. The van der Waals surface area contributed by atoms with Crippen molar-refractivity contribution in [3.05, 3.63) is 22.7 Å². The van der Waals surface area contributed by atoms with Crippen LogP contribution in [0.5, 0.6) is 5.75 Å². The van der Waals surface area contributed by atoms with Crippen LogP contribution in [0.15, 0.2) is 27.8 Å². The second kappa shape index (κ2) is 4.25. The monoisotopic (exact) mass is 282 g/mol. The largest absolute Gasteiger partial charge is 0.497 e. The van der Waals surface area contributed by atoms with E-state index in [0.29, 0.717) is 6.42 Å². The lowest BCUT2D eigenvalue weighted by molar-refractivity contribution is -0.116. The Kier molecular flexibility index (Phi) is 2.96. The fourth-order valence-electron chi connectivity index (χ4n) is 1.53. The van der Waals surface area contributed by atoms with Gasteiger partial charge in [-0.3, -0.25) is 4.79 Å². The normalized spacial score (nSPS) is 15.3. The first-order chi connectivity index (χ1) is 7.61. The predicted molar refractivity (Wildman–Crippen MR) is 65.9 cm³/mol. The number of methoxy groups -OCH3 is 1. The quantitative estimate of drug-likeness (QED) is 0.837. The third kappa shape index (κ3) is 1.95. The molecule has 1 heterocycles. The van der Waals surface area contributed by atoms with E-state index in [1.54, 1.807) is 13.2 Å². The number of halogens is 1. The van der Waals surface area contributed by atoms with Crippen molar-refractivity contribution in [1.82, 2.24) is 0 Å². The maximum absolute atomic E-state index is 11.7. The van der Waals surface area contributed by atoms with Crippen LogP contribution in [-0.4, -0.2) is 18.7 Å². The number of amides is 1. The van der Waals surface area contributed by atoms with Crippen molar-refractivity contribution >= 4 is 33.2 Å². The number of carbonyl (C=O) groups excluding carboxylic acids is 1. The van der Waals surface area contributed by atoms with E-state index in [9.17, 15) is 4.79 Å². The SMILES string of the molecule is COc1ccc(N2N=C(C)CC2=O)c(Br)c1. The van der Waals surface area contributed by atoms with Crippen LogP contribution in [0, 0.1) is 0 Å². The van der Waals surface area contributed by atoms with Gasteiger partial charge in [-0.1, -0.05) is 0 Å². The third-order valence-corrected chi connectivity index (χ3v) is 2.93. The molecule has 1 aliphatic heterocycles. The average molecular weight is 283 g/mol. The zero-order chi connectivity index (χ0) is 11.7. The van der Waals surface area contributed by atoms with Gasteiger partial charge in [0.05, 0.1) is 19.2 Å². The van der Waals surface area contributed by atoms with Crippen LogP contribution < -0.4 is 9.75 Å². The van der Waals surface area contributed by atoms with Gasteiger partial charge in [0.2, 0.25) is 0 Å². The molecule has 1 aliphatic rings. The summed E-state index contributed by atoms with van der Waals surface area (Å²) < 4.78 is 5.88. The molecule has 0 N–H and O–H groups in total. The van der Waals surface area contributed by atoms with Crippen molar-refractivity contribution in [2.75, 3.05) is 12.1 Å². The van der Waals surface area contributed by atoms with Crippen LogP contribution in [0.1, 0.15) is 13.3 Å². The van der Waals surface area contributed by atoms with Gasteiger partial charge in [-0.2, -0.15) is 10.1 Å². The number of carbonyl (C=O) groups is 1. The van der Waals surface area contributed by atoms with Crippen molar-refractivity contribution in [3.63, 3.8) is 0 Å². The van der Waals surface area contributed by atoms with E-state index in [1.807, 2.05) is 19.1 Å². The number of rotatable bonds is 2. The highest BCUT2D eigenvalue weighted by atomic mass is 79.9. The Morgan fingerprint density at radius 3 is 2.75 bits per heavy atom. The van der Waals surface area contributed by atoms with Crippen LogP contribution >= 0.6 is 15.9 Å². The van der Waals surface area contributed by atoms with E-state index >= 15 is 0 Å². The molecule has 0 spiro atoms. The van der Waals surface area contributed by atoms with Gasteiger partial charge in [-0.25, -0.2) is 0 Å². The topological polar surface area (TPSA) is 41.9 Å². The molecule has 5 heteroatoms. The molecule has 0 aromatic heterocycles. The molecule has 0 radical (unpaired) electrons. The number of hydrogen-bond acceptors (Lipinski definition) is 3.